The van der Waals surface area contributed by atoms with E-state index in [-0.39, 0.29) is 11.3 Å². The maximum absolute atomic E-state index is 13.1. The smallest absolute Gasteiger partial charge is 0.354 e. The van der Waals surface area contributed by atoms with Gasteiger partial charge in [-0.05, 0) is 42.3 Å². The Labute approximate surface area is 151 Å². The van der Waals surface area contributed by atoms with Crippen LogP contribution in [0.3, 0.4) is 0 Å². The molecule has 0 aliphatic rings. The first-order valence-electron chi connectivity index (χ1n) is 8.10. The molecule has 142 valence electrons. The highest BCUT2D eigenvalue weighted by atomic mass is 19.4. The van der Waals surface area contributed by atoms with Gasteiger partial charge in [-0.1, -0.05) is 13.0 Å². The predicted octanol–water partition coefficient (Wildman–Crippen LogP) is 5.92. The van der Waals surface area contributed by atoms with E-state index >= 15 is 0 Å². The van der Waals surface area contributed by atoms with Gasteiger partial charge in [0.25, 0.3) is 6.43 Å². The van der Waals surface area contributed by atoms with Gasteiger partial charge in [-0.25, -0.2) is 8.78 Å². The Bertz CT molecular complexity index is 992. The summed E-state index contributed by atoms with van der Waals surface area (Å²) in [6.45, 7) is 1.76. The van der Waals surface area contributed by atoms with E-state index < -0.39 is 18.2 Å². The van der Waals surface area contributed by atoms with Gasteiger partial charge < -0.3 is 10.3 Å². The minimum Gasteiger partial charge on any atom is -0.354 e. The number of H-pyrrole nitrogens is 1. The number of hydrogen-bond donors (Lipinski definition) is 2. The Morgan fingerprint density at radius 1 is 1.15 bits per heavy atom. The van der Waals surface area contributed by atoms with Crippen LogP contribution in [0, 0.1) is 0 Å². The van der Waals surface area contributed by atoms with Gasteiger partial charge in [-0.3, -0.25) is 4.79 Å². The number of alkyl halides is 5. The number of rotatable bonds is 5. The standard InChI is InChI=1S/C19H15F5N2O/c1-2-12-13-8-11(19(22,23)24)4-6-16(13)26-17(12)14-7-10(18(20)21)3-5-15(14)25-9-27/h3-9,18,26H,2H2,1H3,(H,25,27). The first kappa shape index (κ1) is 18.9. The molecule has 0 saturated carbocycles. The van der Waals surface area contributed by atoms with Crippen molar-refractivity contribution in [2.45, 2.75) is 25.9 Å². The molecular formula is C19H15F5N2O. The summed E-state index contributed by atoms with van der Waals surface area (Å²) in [6, 6.07) is 7.07. The van der Waals surface area contributed by atoms with Crippen molar-refractivity contribution in [3.8, 4) is 11.3 Å². The van der Waals surface area contributed by atoms with Crippen molar-refractivity contribution < 1.29 is 26.7 Å². The molecule has 1 aromatic heterocycles. The van der Waals surface area contributed by atoms with Crippen molar-refractivity contribution in [1.29, 1.82) is 0 Å². The van der Waals surface area contributed by atoms with Gasteiger partial charge in [0.1, 0.15) is 0 Å². The molecule has 1 heterocycles. The van der Waals surface area contributed by atoms with Gasteiger partial charge in [-0.15, -0.1) is 0 Å². The number of amides is 1. The Balaban J connectivity index is 2.27. The number of carbonyl (C=O) groups excluding carboxylic acids is 1. The van der Waals surface area contributed by atoms with Crippen LogP contribution in [0.5, 0.6) is 0 Å². The van der Waals surface area contributed by atoms with Crippen molar-refractivity contribution in [1.82, 2.24) is 4.98 Å². The molecule has 0 bridgehead atoms. The van der Waals surface area contributed by atoms with E-state index in [2.05, 4.69) is 10.3 Å². The van der Waals surface area contributed by atoms with Crippen LogP contribution in [0.1, 0.15) is 30.0 Å². The van der Waals surface area contributed by atoms with E-state index in [1.54, 1.807) is 6.92 Å². The average molecular weight is 382 g/mol. The summed E-state index contributed by atoms with van der Waals surface area (Å²) >= 11 is 0. The van der Waals surface area contributed by atoms with Crippen LogP contribution in [0.15, 0.2) is 36.4 Å². The fraction of sp³-hybridized carbons (Fsp3) is 0.211. The molecule has 0 spiro atoms. The first-order valence-corrected chi connectivity index (χ1v) is 8.10. The minimum atomic E-state index is -4.49. The largest absolute Gasteiger partial charge is 0.416 e. The molecule has 2 N–H and O–H groups in total. The monoisotopic (exact) mass is 382 g/mol. The Hall–Kier alpha value is -2.90. The molecule has 0 saturated heterocycles. The zero-order valence-electron chi connectivity index (χ0n) is 14.1. The van der Waals surface area contributed by atoms with E-state index in [0.29, 0.717) is 40.6 Å². The second-order valence-electron chi connectivity index (χ2n) is 5.96. The zero-order valence-corrected chi connectivity index (χ0v) is 14.1. The fourth-order valence-electron chi connectivity index (χ4n) is 3.11. The number of anilines is 1. The zero-order chi connectivity index (χ0) is 19.8. The van der Waals surface area contributed by atoms with Crippen LogP contribution in [0.25, 0.3) is 22.2 Å². The molecule has 1 amide bonds. The molecule has 8 heteroatoms. The van der Waals surface area contributed by atoms with E-state index in [4.69, 9.17) is 0 Å². The molecular weight excluding hydrogens is 367 g/mol. The van der Waals surface area contributed by atoms with Gasteiger partial charge in [0.05, 0.1) is 11.3 Å². The van der Waals surface area contributed by atoms with Crippen molar-refractivity contribution in [2.75, 3.05) is 5.32 Å². The Kier molecular flexibility index (Phi) is 4.91. The molecule has 0 aliphatic carbocycles. The summed E-state index contributed by atoms with van der Waals surface area (Å²) in [7, 11) is 0. The topological polar surface area (TPSA) is 44.9 Å². The number of benzene rings is 2. The number of fused-ring (bicyclic) bond motifs is 1. The third kappa shape index (κ3) is 3.51. The average Bonchev–Trinajstić information content (AvgIpc) is 2.98. The number of aromatic nitrogens is 1. The van der Waals surface area contributed by atoms with Crippen LogP contribution in [0.4, 0.5) is 27.6 Å². The molecule has 0 fully saturated rings. The molecule has 2 aromatic carbocycles. The molecule has 0 radical (unpaired) electrons. The van der Waals surface area contributed by atoms with Gasteiger partial charge in [0.15, 0.2) is 0 Å². The maximum Gasteiger partial charge on any atom is 0.416 e. The number of aromatic amines is 1. The Morgan fingerprint density at radius 2 is 1.89 bits per heavy atom. The maximum atomic E-state index is 13.1. The van der Waals surface area contributed by atoms with Crippen LogP contribution in [0.2, 0.25) is 0 Å². The SMILES string of the molecule is CCc1c(-c2cc(C(F)F)ccc2NC=O)[nH]c2ccc(C(F)(F)F)cc12. The quantitative estimate of drug-likeness (QED) is 0.417. The third-order valence-electron chi connectivity index (χ3n) is 4.37. The summed E-state index contributed by atoms with van der Waals surface area (Å²) in [5, 5.41) is 2.81. The summed E-state index contributed by atoms with van der Waals surface area (Å²) in [6.07, 6.45) is -6.43. The summed E-state index contributed by atoms with van der Waals surface area (Å²) in [4.78, 5) is 13.9. The lowest BCUT2D eigenvalue weighted by atomic mass is 9.99. The van der Waals surface area contributed by atoms with E-state index in [9.17, 15) is 26.7 Å². The van der Waals surface area contributed by atoms with Crippen LogP contribution in [-0.2, 0) is 17.4 Å². The molecule has 0 unspecified atom stereocenters. The second-order valence-corrected chi connectivity index (χ2v) is 5.96. The third-order valence-corrected chi connectivity index (χ3v) is 4.37. The number of nitrogens with one attached hydrogen (secondary N) is 2. The number of hydrogen-bond acceptors (Lipinski definition) is 1. The highest BCUT2D eigenvalue weighted by molar-refractivity contribution is 5.95. The van der Waals surface area contributed by atoms with Gasteiger partial charge >= 0.3 is 6.18 Å². The van der Waals surface area contributed by atoms with E-state index in [1.807, 2.05) is 0 Å². The summed E-state index contributed by atoms with van der Waals surface area (Å²) in [5.41, 5.74) is 0.943. The van der Waals surface area contributed by atoms with Gasteiger partial charge in [0.2, 0.25) is 6.41 Å². The lowest BCUT2D eigenvalue weighted by molar-refractivity contribution is -0.137. The molecule has 27 heavy (non-hydrogen) atoms. The van der Waals surface area contributed by atoms with Crippen LogP contribution in [-0.4, -0.2) is 11.4 Å². The fourth-order valence-corrected chi connectivity index (χ4v) is 3.11. The lowest BCUT2D eigenvalue weighted by Crippen LogP contribution is -2.04. The van der Waals surface area contributed by atoms with Crippen LogP contribution >= 0.6 is 0 Å². The summed E-state index contributed by atoms with van der Waals surface area (Å²) in [5.74, 6) is 0. The normalized spacial score (nSPS) is 12.0. The van der Waals surface area contributed by atoms with Crippen molar-refractivity contribution >= 4 is 23.0 Å². The molecule has 0 atom stereocenters. The summed E-state index contributed by atoms with van der Waals surface area (Å²) < 4.78 is 65.4. The van der Waals surface area contributed by atoms with Crippen molar-refractivity contribution in [2.24, 2.45) is 0 Å². The second kappa shape index (κ2) is 7.02. The van der Waals surface area contributed by atoms with Crippen LogP contribution < -0.4 is 5.32 Å². The van der Waals surface area contributed by atoms with Gasteiger partial charge in [0, 0.05) is 27.7 Å². The predicted molar refractivity (Wildman–Crippen MR) is 92.8 cm³/mol. The number of carbonyl (C=O) groups is 1. The molecule has 3 rings (SSSR count). The first-order chi connectivity index (χ1) is 12.8. The highest BCUT2D eigenvalue weighted by Crippen LogP contribution is 2.39. The lowest BCUT2D eigenvalue weighted by Gasteiger charge is -2.11. The van der Waals surface area contributed by atoms with E-state index in [1.165, 1.54) is 24.3 Å². The van der Waals surface area contributed by atoms with E-state index in [0.717, 1.165) is 12.1 Å². The minimum absolute atomic E-state index is 0.252. The molecule has 3 aromatic rings. The Morgan fingerprint density at radius 3 is 2.48 bits per heavy atom. The van der Waals surface area contributed by atoms with Gasteiger partial charge in [-0.2, -0.15) is 13.2 Å². The highest BCUT2D eigenvalue weighted by Gasteiger charge is 2.31. The number of halogens is 5. The number of aryl methyl sites for hydroxylation is 1. The molecule has 0 aliphatic heterocycles. The molecule has 3 nitrogen and oxygen atoms in total. The van der Waals surface area contributed by atoms with Crippen molar-refractivity contribution in [3.63, 3.8) is 0 Å². The van der Waals surface area contributed by atoms with Crippen molar-refractivity contribution in [3.05, 3.63) is 53.1 Å².